The lowest BCUT2D eigenvalue weighted by molar-refractivity contribution is -0.117. The summed E-state index contributed by atoms with van der Waals surface area (Å²) in [6.45, 7) is 3.44. The number of nitrogens with zero attached hydrogens (tertiary/aromatic N) is 2. The second kappa shape index (κ2) is 6.71. The lowest BCUT2D eigenvalue weighted by Crippen LogP contribution is -2.38. The third-order valence-corrected chi connectivity index (χ3v) is 3.36. The summed E-state index contributed by atoms with van der Waals surface area (Å²) >= 11 is 0. The monoisotopic (exact) mass is 271 g/mol. The molecule has 0 spiro atoms. The zero-order valence-electron chi connectivity index (χ0n) is 11.2. The molecule has 1 aliphatic carbocycles. The standard InChI is InChI=1S/C15H17N3O2/c1-2-14(19)18-12-4-6-13(7-5-12)20-15-8-3-11(9-16)10-17-15/h2-3,8,10,12-13H,1,4-7H2,(H,18,19). The van der Waals surface area contributed by atoms with Crippen molar-refractivity contribution in [2.24, 2.45) is 0 Å². The molecule has 0 atom stereocenters. The van der Waals surface area contributed by atoms with Crippen molar-refractivity contribution in [3.05, 3.63) is 36.5 Å². The number of pyridine rings is 1. The van der Waals surface area contributed by atoms with Crippen molar-refractivity contribution in [3.63, 3.8) is 0 Å². The highest BCUT2D eigenvalue weighted by Gasteiger charge is 2.23. The molecule has 0 saturated heterocycles. The Hall–Kier alpha value is -2.35. The summed E-state index contributed by atoms with van der Waals surface area (Å²) in [7, 11) is 0. The molecule has 0 unspecified atom stereocenters. The number of hydrogen-bond donors (Lipinski definition) is 1. The number of aromatic nitrogens is 1. The molecule has 1 aliphatic rings. The number of nitrogens with one attached hydrogen (secondary N) is 1. The second-order valence-electron chi connectivity index (χ2n) is 4.80. The molecule has 0 bridgehead atoms. The molecule has 20 heavy (non-hydrogen) atoms. The maximum absolute atomic E-state index is 11.2. The third kappa shape index (κ3) is 3.82. The highest BCUT2D eigenvalue weighted by atomic mass is 16.5. The van der Waals surface area contributed by atoms with Crippen LogP contribution in [0.5, 0.6) is 5.88 Å². The van der Waals surface area contributed by atoms with E-state index in [4.69, 9.17) is 10.00 Å². The van der Waals surface area contributed by atoms with Crippen molar-refractivity contribution in [2.75, 3.05) is 0 Å². The molecule has 0 aromatic carbocycles. The SMILES string of the molecule is C=CC(=O)NC1CCC(Oc2ccc(C#N)cn2)CC1. The van der Waals surface area contributed by atoms with Crippen molar-refractivity contribution in [1.29, 1.82) is 5.26 Å². The van der Waals surface area contributed by atoms with E-state index in [9.17, 15) is 4.79 Å². The summed E-state index contributed by atoms with van der Waals surface area (Å²) in [5.41, 5.74) is 0.521. The average molecular weight is 271 g/mol. The fourth-order valence-electron chi connectivity index (χ4n) is 2.27. The van der Waals surface area contributed by atoms with E-state index < -0.39 is 0 Å². The zero-order chi connectivity index (χ0) is 14.4. The fraction of sp³-hybridized carbons (Fsp3) is 0.400. The van der Waals surface area contributed by atoms with Crippen LogP contribution in [0.3, 0.4) is 0 Å². The molecule has 1 aromatic heterocycles. The number of carbonyl (C=O) groups is 1. The van der Waals surface area contributed by atoms with Gasteiger partial charge in [-0.1, -0.05) is 6.58 Å². The molecule has 1 heterocycles. The van der Waals surface area contributed by atoms with E-state index in [0.29, 0.717) is 11.4 Å². The molecule has 1 aromatic rings. The molecule has 5 heteroatoms. The Morgan fingerprint density at radius 3 is 2.75 bits per heavy atom. The van der Waals surface area contributed by atoms with Crippen molar-refractivity contribution in [2.45, 2.75) is 37.8 Å². The van der Waals surface area contributed by atoms with Crippen LogP contribution >= 0.6 is 0 Å². The van der Waals surface area contributed by atoms with E-state index in [1.807, 2.05) is 6.07 Å². The first-order chi connectivity index (χ1) is 9.71. The number of rotatable bonds is 4. The normalized spacial score (nSPS) is 21.6. The summed E-state index contributed by atoms with van der Waals surface area (Å²) in [4.78, 5) is 15.3. The maximum atomic E-state index is 11.2. The first kappa shape index (κ1) is 14.1. The highest BCUT2D eigenvalue weighted by molar-refractivity contribution is 5.87. The molecule has 1 amide bonds. The summed E-state index contributed by atoms with van der Waals surface area (Å²) < 4.78 is 5.78. The Morgan fingerprint density at radius 1 is 1.45 bits per heavy atom. The summed E-state index contributed by atoms with van der Waals surface area (Å²) in [6, 6.07) is 5.63. The van der Waals surface area contributed by atoms with Crippen LogP contribution in [0, 0.1) is 11.3 Å². The molecule has 1 fully saturated rings. The summed E-state index contributed by atoms with van der Waals surface area (Å²) in [5.74, 6) is 0.422. The Bertz CT molecular complexity index is 511. The molecular weight excluding hydrogens is 254 g/mol. The number of amides is 1. The van der Waals surface area contributed by atoms with Gasteiger partial charge in [-0.2, -0.15) is 5.26 Å². The molecule has 2 rings (SSSR count). The number of carbonyl (C=O) groups excluding carboxylic acids is 1. The van der Waals surface area contributed by atoms with Gasteiger partial charge in [-0.05, 0) is 37.8 Å². The van der Waals surface area contributed by atoms with Gasteiger partial charge in [-0.15, -0.1) is 0 Å². The van der Waals surface area contributed by atoms with Crippen LogP contribution in [-0.2, 0) is 4.79 Å². The number of ether oxygens (including phenoxy) is 1. The molecule has 1 saturated carbocycles. The largest absolute Gasteiger partial charge is 0.474 e. The Kier molecular flexibility index (Phi) is 4.72. The zero-order valence-corrected chi connectivity index (χ0v) is 11.2. The van der Waals surface area contributed by atoms with Gasteiger partial charge in [-0.25, -0.2) is 4.98 Å². The van der Waals surface area contributed by atoms with E-state index in [1.165, 1.54) is 12.3 Å². The van der Waals surface area contributed by atoms with Crippen molar-refractivity contribution < 1.29 is 9.53 Å². The van der Waals surface area contributed by atoms with Gasteiger partial charge in [0.1, 0.15) is 12.2 Å². The van der Waals surface area contributed by atoms with Crippen LogP contribution in [0.25, 0.3) is 0 Å². The van der Waals surface area contributed by atoms with E-state index in [2.05, 4.69) is 16.9 Å². The number of nitriles is 1. The summed E-state index contributed by atoms with van der Waals surface area (Å²) in [5, 5.41) is 11.6. The Balaban J connectivity index is 1.80. The van der Waals surface area contributed by atoms with Crippen LogP contribution in [0.4, 0.5) is 0 Å². The van der Waals surface area contributed by atoms with Crippen LogP contribution in [0.15, 0.2) is 31.0 Å². The fourth-order valence-corrected chi connectivity index (χ4v) is 2.27. The quantitative estimate of drug-likeness (QED) is 0.849. The topological polar surface area (TPSA) is 75.0 Å². The van der Waals surface area contributed by atoms with E-state index in [-0.39, 0.29) is 18.1 Å². The first-order valence-electron chi connectivity index (χ1n) is 6.67. The van der Waals surface area contributed by atoms with Crippen LogP contribution in [0.1, 0.15) is 31.2 Å². The van der Waals surface area contributed by atoms with Gasteiger partial charge in [-0.3, -0.25) is 4.79 Å². The van der Waals surface area contributed by atoms with Gasteiger partial charge < -0.3 is 10.1 Å². The summed E-state index contributed by atoms with van der Waals surface area (Å²) in [6.07, 6.45) is 6.45. The van der Waals surface area contributed by atoms with Gasteiger partial charge in [0.05, 0.1) is 5.56 Å². The lowest BCUT2D eigenvalue weighted by atomic mass is 9.93. The van der Waals surface area contributed by atoms with E-state index in [0.717, 1.165) is 25.7 Å². The molecule has 5 nitrogen and oxygen atoms in total. The Labute approximate surface area is 118 Å². The number of hydrogen-bond acceptors (Lipinski definition) is 4. The van der Waals surface area contributed by atoms with Crippen molar-refractivity contribution in [1.82, 2.24) is 10.3 Å². The van der Waals surface area contributed by atoms with Crippen molar-refractivity contribution in [3.8, 4) is 11.9 Å². The van der Waals surface area contributed by atoms with Crippen molar-refractivity contribution >= 4 is 5.91 Å². The molecule has 1 N–H and O–H groups in total. The third-order valence-electron chi connectivity index (χ3n) is 3.36. The maximum Gasteiger partial charge on any atom is 0.243 e. The van der Waals surface area contributed by atoms with Gasteiger partial charge >= 0.3 is 0 Å². The molecule has 104 valence electrons. The first-order valence-corrected chi connectivity index (χ1v) is 6.67. The molecule has 0 radical (unpaired) electrons. The minimum absolute atomic E-state index is 0.118. The lowest BCUT2D eigenvalue weighted by Gasteiger charge is -2.28. The second-order valence-corrected chi connectivity index (χ2v) is 4.80. The predicted molar refractivity (Wildman–Crippen MR) is 74.0 cm³/mol. The van der Waals surface area contributed by atoms with E-state index >= 15 is 0 Å². The van der Waals surface area contributed by atoms with Crippen LogP contribution < -0.4 is 10.1 Å². The van der Waals surface area contributed by atoms with Crippen LogP contribution in [-0.4, -0.2) is 23.0 Å². The minimum Gasteiger partial charge on any atom is -0.474 e. The van der Waals surface area contributed by atoms with E-state index in [1.54, 1.807) is 12.1 Å². The van der Waals surface area contributed by atoms with Gasteiger partial charge in [0.15, 0.2) is 0 Å². The molecular formula is C15H17N3O2. The van der Waals surface area contributed by atoms with Gasteiger partial charge in [0.25, 0.3) is 0 Å². The minimum atomic E-state index is -0.122. The average Bonchev–Trinajstić information content (AvgIpc) is 2.50. The van der Waals surface area contributed by atoms with Gasteiger partial charge in [0, 0.05) is 18.3 Å². The molecule has 0 aliphatic heterocycles. The smallest absolute Gasteiger partial charge is 0.243 e. The highest BCUT2D eigenvalue weighted by Crippen LogP contribution is 2.22. The van der Waals surface area contributed by atoms with Crippen LogP contribution in [0.2, 0.25) is 0 Å². The van der Waals surface area contributed by atoms with Gasteiger partial charge in [0.2, 0.25) is 11.8 Å². The Morgan fingerprint density at radius 2 is 2.20 bits per heavy atom. The predicted octanol–water partition coefficient (Wildman–Crippen LogP) is 1.95.